The Kier molecular flexibility index (Phi) is 14.4. The van der Waals surface area contributed by atoms with Crippen LogP contribution in [0.1, 0.15) is 41.4 Å². The van der Waals surface area contributed by atoms with Crippen LogP contribution in [-0.4, -0.2) is 85.4 Å². The molecule has 12 nitrogen and oxygen atoms in total. The van der Waals surface area contributed by atoms with Gasteiger partial charge in [0.05, 0.1) is 76.0 Å². The van der Waals surface area contributed by atoms with Gasteiger partial charge in [0.1, 0.15) is 0 Å². The SMILES string of the molecule is [C-]#[N+]c1ccc(-n2nccc2-c2cc(C(=O)CCCOCCOCCOCCOCCNC(C)=O)c(=O)n(-c3cccc(C)c3)c2C)cc1. The zero-order valence-electron chi connectivity index (χ0n) is 28.3. The first-order valence-corrected chi connectivity index (χ1v) is 16.2. The van der Waals surface area contributed by atoms with Gasteiger partial charge in [0.2, 0.25) is 5.91 Å². The molecule has 12 heteroatoms. The summed E-state index contributed by atoms with van der Waals surface area (Å²) >= 11 is 0. The highest BCUT2D eigenvalue weighted by Crippen LogP contribution is 2.28. The van der Waals surface area contributed by atoms with Gasteiger partial charge in [-0.05, 0) is 62.2 Å². The molecule has 4 aromatic rings. The minimum absolute atomic E-state index is 0.0839. The van der Waals surface area contributed by atoms with Crippen LogP contribution >= 0.6 is 0 Å². The van der Waals surface area contributed by atoms with Crippen LogP contribution in [0.5, 0.6) is 0 Å². The van der Waals surface area contributed by atoms with Crippen molar-refractivity contribution in [2.24, 2.45) is 0 Å². The Morgan fingerprint density at radius 3 is 2.12 bits per heavy atom. The van der Waals surface area contributed by atoms with Crippen LogP contribution in [0.15, 0.2) is 71.7 Å². The molecule has 0 saturated heterocycles. The van der Waals surface area contributed by atoms with Crippen molar-refractivity contribution in [3.63, 3.8) is 0 Å². The van der Waals surface area contributed by atoms with Crippen molar-refractivity contribution in [2.45, 2.75) is 33.6 Å². The lowest BCUT2D eigenvalue weighted by Crippen LogP contribution is -2.28. The molecule has 0 saturated carbocycles. The van der Waals surface area contributed by atoms with E-state index in [0.29, 0.717) is 94.1 Å². The number of hydrogen-bond donors (Lipinski definition) is 1. The van der Waals surface area contributed by atoms with Crippen LogP contribution in [0, 0.1) is 20.4 Å². The molecule has 0 aliphatic rings. The Bertz CT molecular complexity index is 1790. The summed E-state index contributed by atoms with van der Waals surface area (Å²) in [5, 5.41) is 7.17. The molecule has 0 aliphatic heterocycles. The molecule has 258 valence electrons. The maximum absolute atomic E-state index is 13.9. The number of carbonyl (C=O) groups excluding carboxylic acids is 2. The third-order valence-corrected chi connectivity index (χ3v) is 7.58. The van der Waals surface area contributed by atoms with Gasteiger partial charge >= 0.3 is 0 Å². The summed E-state index contributed by atoms with van der Waals surface area (Å²) in [6.45, 7) is 16.3. The molecule has 2 aromatic heterocycles. The number of ether oxygens (including phenoxy) is 4. The van der Waals surface area contributed by atoms with Crippen molar-refractivity contribution >= 4 is 17.4 Å². The number of rotatable bonds is 20. The van der Waals surface area contributed by atoms with Crippen LogP contribution in [0.25, 0.3) is 27.5 Å². The fourth-order valence-electron chi connectivity index (χ4n) is 5.15. The van der Waals surface area contributed by atoms with Gasteiger partial charge in [-0.3, -0.25) is 19.0 Å². The van der Waals surface area contributed by atoms with Crippen LogP contribution in [0.4, 0.5) is 5.69 Å². The number of nitrogens with zero attached hydrogens (tertiary/aromatic N) is 4. The van der Waals surface area contributed by atoms with E-state index in [1.54, 1.807) is 33.6 Å². The molecule has 0 aliphatic carbocycles. The van der Waals surface area contributed by atoms with E-state index >= 15 is 0 Å². The molecule has 0 unspecified atom stereocenters. The Labute approximate surface area is 286 Å². The van der Waals surface area contributed by atoms with Gasteiger partial charge in [-0.2, -0.15) is 5.10 Å². The number of ketones is 1. The average Bonchev–Trinajstić information content (AvgIpc) is 3.58. The van der Waals surface area contributed by atoms with Gasteiger partial charge in [0.25, 0.3) is 5.56 Å². The van der Waals surface area contributed by atoms with Crippen molar-refractivity contribution in [2.75, 3.05) is 59.4 Å². The van der Waals surface area contributed by atoms with Gasteiger partial charge in [-0.25, -0.2) is 9.53 Å². The molecule has 1 N–H and O–H groups in total. The Morgan fingerprint density at radius 1 is 0.837 bits per heavy atom. The molecular formula is C37H43N5O7. The molecule has 0 bridgehead atoms. The number of amides is 1. The quantitative estimate of drug-likeness (QED) is 0.0790. The smallest absolute Gasteiger partial charge is 0.266 e. The second-order valence-electron chi connectivity index (χ2n) is 11.3. The van der Waals surface area contributed by atoms with E-state index in [-0.39, 0.29) is 29.2 Å². The Morgan fingerprint density at radius 2 is 1.49 bits per heavy atom. The fraction of sp³-hybridized carbons (Fsp3) is 0.378. The van der Waals surface area contributed by atoms with Gasteiger partial charge in [0.15, 0.2) is 11.5 Å². The summed E-state index contributed by atoms with van der Waals surface area (Å²) in [6, 6.07) is 18.2. The second kappa shape index (κ2) is 19.2. The summed E-state index contributed by atoms with van der Waals surface area (Å²) < 4.78 is 25.3. The normalized spacial score (nSPS) is 11.0. The summed E-state index contributed by atoms with van der Waals surface area (Å²) in [4.78, 5) is 41.7. The van der Waals surface area contributed by atoms with E-state index in [1.807, 2.05) is 56.3 Å². The number of benzene rings is 2. The minimum atomic E-state index is -0.377. The lowest BCUT2D eigenvalue weighted by molar-refractivity contribution is -0.119. The van der Waals surface area contributed by atoms with E-state index in [9.17, 15) is 14.4 Å². The van der Waals surface area contributed by atoms with Crippen LogP contribution in [0.2, 0.25) is 0 Å². The summed E-state index contributed by atoms with van der Waals surface area (Å²) in [6.07, 6.45) is 2.26. The summed E-state index contributed by atoms with van der Waals surface area (Å²) in [7, 11) is 0. The maximum atomic E-state index is 13.9. The third kappa shape index (κ3) is 10.8. The van der Waals surface area contributed by atoms with Gasteiger partial charge in [-0.15, -0.1) is 0 Å². The summed E-state index contributed by atoms with van der Waals surface area (Å²) in [5.41, 5.74) is 4.74. The van der Waals surface area contributed by atoms with E-state index in [4.69, 9.17) is 25.5 Å². The molecule has 0 spiro atoms. The van der Waals surface area contributed by atoms with Crippen LogP contribution < -0.4 is 10.9 Å². The average molecular weight is 670 g/mol. The van der Waals surface area contributed by atoms with Crippen LogP contribution in [0.3, 0.4) is 0 Å². The van der Waals surface area contributed by atoms with E-state index in [1.165, 1.54) is 6.92 Å². The van der Waals surface area contributed by atoms with Crippen molar-refractivity contribution in [1.29, 1.82) is 0 Å². The first-order chi connectivity index (χ1) is 23.8. The second-order valence-corrected chi connectivity index (χ2v) is 11.3. The molecule has 2 aromatic carbocycles. The van der Waals surface area contributed by atoms with Gasteiger partial charge in [0, 0.05) is 43.4 Å². The predicted octanol–water partition coefficient (Wildman–Crippen LogP) is 5.02. The highest BCUT2D eigenvalue weighted by Gasteiger charge is 2.21. The van der Waals surface area contributed by atoms with Crippen molar-refractivity contribution < 1.29 is 28.5 Å². The lowest BCUT2D eigenvalue weighted by Gasteiger charge is -2.18. The van der Waals surface area contributed by atoms with Crippen molar-refractivity contribution in [3.8, 4) is 22.6 Å². The number of pyridine rings is 1. The molecule has 0 radical (unpaired) electrons. The zero-order chi connectivity index (χ0) is 35.0. The number of aryl methyl sites for hydroxylation is 1. The molecule has 4 rings (SSSR count). The zero-order valence-corrected chi connectivity index (χ0v) is 28.3. The number of hydrogen-bond acceptors (Lipinski definition) is 8. The molecule has 49 heavy (non-hydrogen) atoms. The van der Waals surface area contributed by atoms with Crippen LogP contribution in [-0.2, 0) is 23.7 Å². The lowest BCUT2D eigenvalue weighted by atomic mass is 10.0. The molecule has 0 atom stereocenters. The Hall–Kier alpha value is -4.93. The highest BCUT2D eigenvalue weighted by molar-refractivity contribution is 5.97. The first kappa shape index (κ1) is 36.9. The van der Waals surface area contributed by atoms with E-state index in [0.717, 1.165) is 11.3 Å². The minimum Gasteiger partial charge on any atom is -0.379 e. The Balaban J connectivity index is 1.33. The standard InChI is InChI=1S/C37H43N5O7/c1-27-7-5-8-32(25-27)41-28(2)33(35-14-15-40-42(35)31-12-10-30(38-4)11-13-31)26-34(37(41)45)36(44)9-6-17-46-19-21-48-23-24-49-22-20-47-18-16-39-29(3)43/h5,7-8,10-15,25-26H,6,9,16-24H2,1-3H3,(H,39,43). The summed E-state index contributed by atoms with van der Waals surface area (Å²) in [5.74, 6) is -0.351. The number of nitrogens with one attached hydrogen (secondary N) is 1. The highest BCUT2D eigenvalue weighted by atomic mass is 16.6. The van der Waals surface area contributed by atoms with Gasteiger partial charge in [-0.1, -0.05) is 24.3 Å². The third-order valence-electron chi connectivity index (χ3n) is 7.58. The molecular weight excluding hydrogens is 626 g/mol. The molecule has 2 heterocycles. The molecule has 0 fully saturated rings. The number of aromatic nitrogens is 3. The maximum Gasteiger partial charge on any atom is 0.266 e. The van der Waals surface area contributed by atoms with E-state index < -0.39 is 0 Å². The van der Waals surface area contributed by atoms with E-state index in [2.05, 4.69) is 15.3 Å². The largest absolute Gasteiger partial charge is 0.379 e. The molecule has 1 amide bonds. The van der Waals surface area contributed by atoms with Crippen molar-refractivity contribution in [3.05, 3.63) is 105 Å². The monoisotopic (exact) mass is 669 g/mol. The first-order valence-electron chi connectivity index (χ1n) is 16.2. The van der Waals surface area contributed by atoms with Gasteiger partial charge < -0.3 is 24.3 Å². The van der Waals surface area contributed by atoms with Crippen molar-refractivity contribution in [1.82, 2.24) is 19.7 Å². The number of Topliss-reactive ketones (excluding diaryl/α,β-unsaturated/α-hetero) is 1. The predicted molar refractivity (Wildman–Crippen MR) is 186 cm³/mol. The number of carbonyl (C=O) groups is 2. The topological polar surface area (TPSA) is 127 Å². The fourth-order valence-corrected chi connectivity index (χ4v) is 5.15.